The Labute approximate surface area is 120 Å². The molecule has 0 aromatic rings. The van der Waals surface area contributed by atoms with Gasteiger partial charge in [-0.25, -0.2) is 4.72 Å². The molecule has 19 heavy (non-hydrogen) atoms. The maximum Gasteiger partial charge on any atom is 0.279 e. The Morgan fingerprint density at radius 2 is 1.95 bits per heavy atom. The van der Waals surface area contributed by atoms with E-state index in [9.17, 15) is 13.5 Å². The van der Waals surface area contributed by atoms with Crippen LogP contribution >= 0.6 is 11.8 Å². The molecular weight excluding hydrogens is 284 g/mol. The van der Waals surface area contributed by atoms with E-state index in [-0.39, 0.29) is 12.6 Å². The van der Waals surface area contributed by atoms with Gasteiger partial charge in [-0.3, -0.25) is 0 Å². The van der Waals surface area contributed by atoms with Crippen LogP contribution in [0.15, 0.2) is 0 Å². The molecule has 2 N–H and O–H groups in total. The second-order valence-electron chi connectivity index (χ2n) is 5.35. The van der Waals surface area contributed by atoms with Gasteiger partial charge in [-0.05, 0) is 43.1 Å². The molecule has 1 atom stereocenters. The predicted molar refractivity (Wildman–Crippen MR) is 78.4 cm³/mol. The first-order valence-electron chi connectivity index (χ1n) is 7.08. The lowest BCUT2D eigenvalue weighted by atomic mass is 10.0. The molecule has 0 radical (unpaired) electrons. The monoisotopic (exact) mass is 308 g/mol. The number of aliphatic hydroxyl groups excluding tert-OH is 1. The van der Waals surface area contributed by atoms with E-state index in [1.165, 1.54) is 4.31 Å². The standard InChI is InChI=1S/C12H24N2O3S2/c15-10-12-3-1-2-6-14(12)19(16,17)13-9-11-4-7-18-8-5-11/h11-13,15H,1-10H2. The fourth-order valence-electron chi connectivity index (χ4n) is 2.73. The minimum absolute atomic E-state index is 0.0824. The fourth-order valence-corrected chi connectivity index (χ4v) is 5.48. The Morgan fingerprint density at radius 1 is 1.21 bits per heavy atom. The summed E-state index contributed by atoms with van der Waals surface area (Å²) in [6.07, 6.45) is 4.83. The molecule has 0 amide bonds. The van der Waals surface area contributed by atoms with Gasteiger partial charge in [0.05, 0.1) is 6.61 Å². The number of aliphatic hydroxyl groups is 1. The second-order valence-corrected chi connectivity index (χ2v) is 8.28. The lowest BCUT2D eigenvalue weighted by Gasteiger charge is -2.34. The summed E-state index contributed by atoms with van der Waals surface area (Å²) in [4.78, 5) is 0. The van der Waals surface area contributed by atoms with Crippen LogP contribution in [0.4, 0.5) is 0 Å². The largest absolute Gasteiger partial charge is 0.395 e. The van der Waals surface area contributed by atoms with Crippen molar-refractivity contribution in [2.45, 2.75) is 38.1 Å². The zero-order valence-corrected chi connectivity index (χ0v) is 12.9. The van der Waals surface area contributed by atoms with Crippen LogP contribution in [0.2, 0.25) is 0 Å². The summed E-state index contributed by atoms with van der Waals surface area (Å²) in [6, 6.07) is -0.242. The van der Waals surface area contributed by atoms with E-state index in [2.05, 4.69) is 4.72 Å². The number of hydrogen-bond acceptors (Lipinski definition) is 4. The predicted octanol–water partition coefficient (Wildman–Crippen LogP) is 0.811. The second kappa shape index (κ2) is 7.26. The van der Waals surface area contributed by atoms with E-state index in [1.807, 2.05) is 11.8 Å². The third kappa shape index (κ3) is 4.32. The average molecular weight is 308 g/mol. The molecule has 0 spiro atoms. The van der Waals surface area contributed by atoms with Crippen LogP contribution in [-0.4, -0.2) is 55.1 Å². The highest BCUT2D eigenvalue weighted by Crippen LogP contribution is 2.23. The molecule has 2 aliphatic rings. The molecule has 2 saturated heterocycles. The van der Waals surface area contributed by atoms with Gasteiger partial charge in [0, 0.05) is 19.1 Å². The normalized spacial score (nSPS) is 27.5. The van der Waals surface area contributed by atoms with Crippen molar-refractivity contribution < 1.29 is 13.5 Å². The van der Waals surface area contributed by atoms with Gasteiger partial charge in [0.25, 0.3) is 10.2 Å². The molecule has 2 fully saturated rings. The highest BCUT2D eigenvalue weighted by Gasteiger charge is 2.32. The van der Waals surface area contributed by atoms with Gasteiger partial charge < -0.3 is 5.11 Å². The summed E-state index contributed by atoms with van der Waals surface area (Å²) in [5.74, 6) is 2.73. The van der Waals surface area contributed by atoms with Gasteiger partial charge >= 0.3 is 0 Å². The third-order valence-electron chi connectivity index (χ3n) is 3.99. The topological polar surface area (TPSA) is 69.6 Å². The SMILES string of the molecule is O=S(=O)(NCC1CCSCC1)N1CCCCC1CO. The Kier molecular flexibility index (Phi) is 5.95. The maximum absolute atomic E-state index is 12.3. The van der Waals surface area contributed by atoms with E-state index >= 15 is 0 Å². The number of rotatable bonds is 5. The summed E-state index contributed by atoms with van der Waals surface area (Å²) in [7, 11) is -3.43. The van der Waals surface area contributed by atoms with Crippen molar-refractivity contribution in [3.63, 3.8) is 0 Å². The molecule has 7 heteroatoms. The zero-order chi connectivity index (χ0) is 13.7. The van der Waals surface area contributed by atoms with Crippen LogP contribution in [0, 0.1) is 5.92 Å². The van der Waals surface area contributed by atoms with Crippen LogP contribution in [0.1, 0.15) is 32.1 Å². The molecule has 5 nitrogen and oxygen atoms in total. The summed E-state index contributed by atoms with van der Waals surface area (Å²) < 4.78 is 28.8. The quantitative estimate of drug-likeness (QED) is 0.788. The lowest BCUT2D eigenvalue weighted by Crippen LogP contribution is -2.51. The van der Waals surface area contributed by atoms with E-state index in [1.54, 1.807) is 0 Å². The van der Waals surface area contributed by atoms with Gasteiger partial charge in [0.2, 0.25) is 0 Å². The van der Waals surface area contributed by atoms with Crippen LogP contribution in [-0.2, 0) is 10.2 Å². The number of nitrogens with one attached hydrogen (secondary N) is 1. The summed E-state index contributed by atoms with van der Waals surface area (Å²) in [5, 5.41) is 9.31. The first-order valence-corrected chi connectivity index (χ1v) is 9.68. The molecule has 2 aliphatic heterocycles. The van der Waals surface area contributed by atoms with Crippen LogP contribution < -0.4 is 4.72 Å². The van der Waals surface area contributed by atoms with Gasteiger partial charge in [-0.1, -0.05) is 6.42 Å². The number of nitrogens with zero attached hydrogens (tertiary/aromatic N) is 1. The number of piperidine rings is 1. The van der Waals surface area contributed by atoms with Crippen molar-refractivity contribution in [1.82, 2.24) is 9.03 Å². The minimum atomic E-state index is -3.43. The van der Waals surface area contributed by atoms with Crippen molar-refractivity contribution in [3.05, 3.63) is 0 Å². The van der Waals surface area contributed by atoms with Crippen LogP contribution in [0.5, 0.6) is 0 Å². The molecule has 2 rings (SSSR count). The molecular formula is C12H24N2O3S2. The molecule has 0 bridgehead atoms. The molecule has 0 aliphatic carbocycles. The summed E-state index contributed by atoms with van der Waals surface area (Å²) in [6.45, 7) is 0.986. The van der Waals surface area contributed by atoms with Crippen LogP contribution in [0.3, 0.4) is 0 Å². The van der Waals surface area contributed by atoms with Crippen molar-refractivity contribution in [2.24, 2.45) is 5.92 Å². The van der Waals surface area contributed by atoms with Crippen molar-refractivity contribution >= 4 is 22.0 Å². The average Bonchev–Trinajstić information content (AvgIpc) is 2.46. The molecule has 0 aromatic carbocycles. The first-order chi connectivity index (χ1) is 9.13. The van der Waals surface area contributed by atoms with Crippen molar-refractivity contribution in [3.8, 4) is 0 Å². The van der Waals surface area contributed by atoms with Gasteiger partial charge in [-0.15, -0.1) is 0 Å². The minimum Gasteiger partial charge on any atom is -0.395 e. The molecule has 112 valence electrons. The summed E-state index contributed by atoms with van der Waals surface area (Å²) >= 11 is 1.94. The molecule has 0 aromatic heterocycles. The highest BCUT2D eigenvalue weighted by atomic mass is 32.2. The molecule has 2 heterocycles. The van der Waals surface area contributed by atoms with E-state index in [0.717, 1.165) is 43.6 Å². The van der Waals surface area contributed by atoms with Gasteiger partial charge in [0.15, 0.2) is 0 Å². The smallest absolute Gasteiger partial charge is 0.279 e. The highest BCUT2D eigenvalue weighted by molar-refractivity contribution is 7.99. The van der Waals surface area contributed by atoms with Gasteiger partial charge in [0.1, 0.15) is 0 Å². The van der Waals surface area contributed by atoms with Crippen LogP contribution in [0.25, 0.3) is 0 Å². The van der Waals surface area contributed by atoms with E-state index in [0.29, 0.717) is 19.0 Å². The van der Waals surface area contributed by atoms with E-state index < -0.39 is 10.2 Å². The first kappa shape index (κ1) is 15.6. The fraction of sp³-hybridized carbons (Fsp3) is 1.00. The molecule has 0 saturated carbocycles. The Hall–Kier alpha value is 0.180. The zero-order valence-electron chi connectivity index (χ0n) is 11.3. The Morgan fingerprint density at radius 3 is 2.63 bits per heavy atom. The lowest BCUT2D eigenvalue weighted by molar-refractivity contribution is 0.153. The number of thioether (sulfide) groups is 1. The molecule has 1 unspecified atom stereocenters. The van der Waals surface area contributed by atoms with Gasteiger partial charge in [-0.2, -0.15) is 24.5 Å². The van der Waals surface area contributed by atoms with Crippen molar-refractivity contribution in [2.75, 3.05) is 31.2 Å². The Balaban J connectivity index is 1.89. The summed E-state index contributed by atoms with van der Waals surface area (Å²) in [5.41, 5.74) is 0. The van der Waals surface area contributed by atoms with Crippen molar-refractivity contribution in [1.29, 1.82) is 0 Å². The van der Waals surface area contributed by atoms with E-state index in [4.69, 9.17) is 0 Å². The number of hydrogen-bond donors (Lipinski definition) is 2. The Bertz CT molecular complexity index is 369. The third-order valence-corrected chi connectivity index (χ3v) is 6.67. The maximum atomic E-state index is 12.3.